The molecule has 1 aliphatic carbocycles. The summed E-state index contributed by atoms with van der Waals surface area (Å²) in [7, 11) is 0. The number of thioether (sulfide) groups is 1. The molecule has 2 heterocycles. The van der Waals surface area contributed by atoms with Crippen LogP contribution in [0.4, 0.5) is 0 Å². The number of nitriles is 1. The van der Waals surface area contributed by atoms with E-state index in [1.807, 2.05) is 11.3 Å². The van der Waals surface area contributed by atoms with E-state index in [1.165, 1.54) is 30.3 Å². The second kappa shape index (κ2) is 5.07. The summed E-state index contributed by atoms with van der Waals surface area (Å²) in [4.78, 5) is 2.40. The summed E-state index contributed by atoms with van der Waals surface area (Å²) in [5.41, 5.74) is 1.24. The molecule has 0 amide bonds. The summed E-state index contributed by atoms with van der Waals surface area (Å²) in [6, 6.07) is 10.8. The third kappa shape index (κ3) is 2.08. The molecular weight excluding hydrogens is 294 g/mol. The predicted molar refractivity (Wildman–Crippen MR) is 92.1 cm³/mol. The Morgan fingerprint density at radius 1 is 1.10 bits per heavy atom. The van der Waals surface area contributed by atoms with Crippen molar-refractivity contribution < 1.29 is 0 Å². The van der Waals surface area contributed by atoms with Crippen LogP contribution in [0.5, 0.6) is 0 Å². The number of nitrogens with zero attached hydrogens (tertiary/aromatic N) is 1. The van der Waals surface area contributed by atoms with Crippen molar-refractivity contribution in [1.29, 1.82) is 5.26 Å². The van der Waals surface area contributed by atoms with Crippen molar-refractivity contribution >= 4 is 44.2 Å². The maximum atomic E-state index is 8.94. The molecule has 1 aromatic carbocycles. The van der Waals surface area contributed by atoms with Crippen molar-refractivity contribution in [3.63, 3.8) is 0 Å². The Morgan fingerprint density at radius 3 is 2.90 bits per heavy atom. The van der Waals surface area contributed by atoms with Crippen LogP contribution in [0.15, 0.2) is 59.0 Å². The van der Waals surface area contributed by atoms with E-state index in [2.05, 4.69) is 60.7 Å². The first-order valence-electron chi connectivity index (χ1n) is 6.73. The van der Waals surface area contributed by atoms with E-state index < -0.39 is 0 Å². The minimum absolute atomic E-state index is 0.475. The van der Waals surface area contributed by atoms with Crippen LogP contribution in [0.25, 0.3) is 21.1 Å². The van der Waals surface area contributed by atoms with Gasteiger partial charge in [-0.05, 0) is 17.7 Å². The summed E-state index contributed by atoms with van der Waals surface area (Å²) >= 11 is 3.57. The van der Waals surface area contributed by atoms with Gasteiger partial charge in [0, 0.05) is 29.6 Å². The number of allylic oxidation sites excluding steroid dienone is 5. The van der Waals surface area contributed by atoms with Crippen molar-refractivity contribution in [1.82, 2.24) is 0 Å². The molecule has 0 fully saturated rings. The third-order valence-corrected chi connectivity index (χ3v) is 5.89. The molecule has 0 atom stereocenters. The Bertz CT molecular complexity index is 994. The van der Waals surface area contributed by atoms with Crippen LogP contribution in [0, 0.1) is 11.3 Å². The third-order valence-electron chi connectivity index (χ3n) is 3.57. The van der Waals surface area contributed by atoms with Crippen LogP contribution in [-0.4, -0.2) is 0 Å². The number of thiophene rings is 1. The standard InChI is InChI=1S/C18H11NS2/c19-11-10-13-9-8-12-4-3-7-16-17(18(12)20-13)14-5-1-2-6-15(14)21-16/h1-9H,10H2. The van der Waals surface area contributed by atoms with Crippen molar-refractivity contribution in [2.45, 2.75) is 6.42 Å². The number of fused-ring (bicyclic) bond motifs is 4. The first-order chi connectivity index (χ1) is 10.4. The highest BCUT2D eigenvalue weighted by Gasteiger charge is 2.16. The van der Waals surface area contributed by atoms with Gasteiger partial charge in [0.15, 0.2) is 0 Å². The average Bonchev–Trinajstić information content (AvgIpc) is 2.77. The zero-order valence-corrected chi connectivity index (χ0v) is 12.8. The maximum absolute atomic E-state index is 8.94. The molecule has 3 heteroatoms. The Hall–Kier alpha value is -2.02. The van der Waals surface area contributed by atoms with E-state index in [-0.39, 0.29) is 0 Å². The zero-order valence-electron chi connectivity index (χ0n) is 11.2. The average molecular weight is 305 g/mol. The summed E-state index contributed by atoms with van der Waals surface area (Å²) in [6.07, 6.45) is 11.1. The normalized spacial score (nSPS) is 16.2. The Balaban J connectivity index is 2.10. The molecule has 21 heavy (non-hydrogen) atoms. The van der Waals surface area contributed by atoms with Gasteiger partial charge in [-0.2, -0.15) is 5.26 Å². The molecule has 0 unspecified atom stereocenters. The molecule has 1 aromatic heterocycles. The highest BCUT2D eigenvalue weighted by atomic mass is 32.2. The lowest BCUT2D eigenvalue weighted by Crippen LogP contribution is -2.21. The van der Waals surface area contributed by atoms with Crippen molar-refractivity contribution in [3.8, 4) is 6.07 Å². The molecule has 100 valence electrons. The molecule has 0 spiro atoms. The van der Waals surface area contributed by atoms with Gasteiger partial charge >= 0.3 is 0 Å². The first-order valence-corrected chi connectivity index (χ1v) is 8.36. The summed E-state index contributed by atoms with van der Waals surface area (Å²) < 4.78 is 2.62. The van der Waals surface area contributed by atoms with Gasteiger partial charge in [-0.3, -0.25) is 0 Å². The molecule has 1 aliphatic heterocycles. The van der Waals surface area contributed by atoms with Gasteiger partial charge in [-0.1, -0.05) is 54.3 Å². The number of benzene rings is 1. The molecule has 0 saturated carbocycles. The summed E-state index contributed by atoms with van der Waals surface area (Å²) in [5, 5.41) is 11.6. The van der Waals surface area contributed by atoms with Crippen molar-refractivity contribution in [2.24, 2.45) is 0 Å². The highest BCUT2D eigenvalue weighted by molar-refractivity contribution is 8.11. The second-order valence-corrected chi connectivity index (χ2v) is 7.10. The Labute approximate surface area is 130 Å². The fraction of sp³-hybridized carbons (Fsp3) is 0.0556. The van der Waals surface area contributed by atoms with Gasteiger partial charge in [-0.15, -0.1) is 11.3 Å². The van der Waals surface area contributed by atoms with E-state index in [1.54, 1.807) is 11.8 Å². The minimum Gasteiger partial charge on any atom is -0.198 e. The largest absolute Gasteiger partial charge is 0.198 e. The molecule has 2 aliphatic rings. The van der Waals surface area contributed by atoms with Crippen molar-refractivity contribution in [3.05, 3.63) is 68.8 Å². The van der Waals surface area contributed by atoms with Gasteiger partial charge in [-0.25, -0.2) is 0 Å². The quantitative estimate of drug-likeness (QED) is 0.799. The predicted octanol–water partition coefficient (Wildman–Crippen LogP) is 3.83. The highest BCUT2D eigenvalue weighted by Crippen LogP contribution is 2.38. The van der Waals surface area contributed by atoms with Gasteiger partial charge in [0.2, 0.25) is 0 Å². The smallest absolute Gasteiger partial charge is 0.0675 e. The summed E-state index contributed by atoms with van der Waals surface area (Å²) in [5.74, 6) is 0. The van der Waals surface area contributed by atoms with Crippen LogP contribution in [0.3, 0.4) is 0 Å². The van der Waals surface area contributed by atoms with Crippen LogP contribution in [0.2, 0.25) is 0 Å². The molecule has 2 aromatic rings. The monoisotopic (exact) mass is 305 g/mol. The van der Waals surface area contributed by atoms with Crippen LogP contribution in [-0.2, 0) is 0 Å². The number of hydrogen-bond acceptors (Lipinski definition) is 3. The van der Waals surface area contributed by atoms with Crippen LogP contribution >= 0.6 is 23.1 Å². The fourth-order valence-electron chi connectivity index (χ4n) is 2.64. The van der Waals surface area contributed by atoms with E-state index >= 15 is 0 Å². The fourth-order valence-corrected chi connectivity index (χ4v) is 4.94. The molecule has 0 radical (unpaired) electrons. The van der Waals surface area contributed by atoms with Gasteiger partial charge in [0.1, 0.15) is 0 Å². The molecule has 1 nitrogen and oxygen atoms in total. The van der Waals surface area contributed by atoms with Gasteiger partial charge < -0.3 is 0 Å². The lowest BCUT2D eigenvalue weighted by atomic mass is 10.1. The Morgan fingerprint density at radius 2 is 2.00 bits per heavy atom. The number of hydrogen-bond donors (Lipinski definition) is 0. The van der Waals surface area contributed by atoms with Crippen molar-refractivity contribution in [2.75, 3.05) is 0 Å². The maximum Gasteiger partial charge on any atom is 0.0675 e. The molecular formula is C18H11NS2. The summed E-state index contributed by atoms with van der Waals surface area (Å²) in [6.45, 7) is 0. The van der Waals surface area contributed by atoms with E-state index in [4.69, 9.17) is 5.26 Å². The molecule has 0 N–H and O–H groups in total. The van der Waals surface area contributed by atoms with E-state index in [0.29, 0.717) is 6.42 Å². The van der Waals surface area contributed by atoms with Gasteiger partial charge in [0.05, 0.1) is 12.5 Å². The SMILES string of the molecule is N#CCC1=CC=C2C=CC=c3sc4ccccc4c3=C2S1. The minimum atomic E-state index is 0.475. The lowest BCUT2D eigenvalue weighted by molar-refractivity contribution is 1.33. The molecule has 0 bridgehead atoms. The molecule has 4 rings (SSSR count). The zero-order chi connectivity index (χ0) is 14.2. The Kier molecular flexibility index (Phi) is 3.07. The van der Waals surface area contributed by atoms with Gasteiger partial charge in [0.25, 0.3) is 0 Å². The molecule has 0 saturated heterocycles. The van der Waals surface area contributed by atoms with Crippen LogP contribution in [0.1, 0.15) is 6.42 Å². The lowest BCUT2D eigenvalue weighted by Gasteiger charge is -2.13. The van der Waals surface area contributed by atoms with E-state index in [0.717, 1.165) is 4.91 Å². The van der Waals surface area contributed by atoms with Crippen LogP contribution < -0.4 is 9.75 Å². The number of rotatable bonds is 1. The second-order valence-electron chi connectivity index (χ2n) is 4.88. The first kappa shape index (κ1) is 12.7. The van der Waals surface area contributed by atoms with E-state index in [9.17, 15) is 0 Å². The topological polar surface area (TPSA) is 23.8 Å².